The third-order valence-electron chi connectivity index (χ3n) is 8.00. The van der Waals surface area contributed by atoms with Crippen LogP contribution in [0.2, 0.25) is 0 Å². The van der Waals surface area contributed by atoms with Gasteiger partial charge in [0.15, 0.2) is 0 Å². The summed E-state index contributed by atoms with van der Waals surface area (Å²) in [5, 5.41) is 15.0. The van der Waals surface area contributed by atoms with Gasteiger partial charge in [-0.1, -0.05) is 63.3 Å². The van der Waals surface area contributed by atoms with Crippen molar-refractivity contribution in [2.75, 3.05) is 6.61 Å². The van der Waals surface area contributed by atoms with Crippen LogP contribution in [-0.2, 0) is 16.3 Å². The molecule has 2 atom stereocenters. The number of ether oxygens (including phenoxy) is 2. The average molecular weight is 533 g/mol. The smallest absolute Gasteiger partial charge is 0.343 e. The first kappa shape index (κ1) is 28.8. The van der Waals surface area contributed by atoms with Crippen molar-refractivity contribution in [1.29, 1.82) is 0 Å². The molecule has 39 heavy (non-hydrogen) atoms. The molecular formula is C33H39FNO4. The van der Waals surface area contributed by atoms with E-state index in [-0.39, 0.29) is 5.56 Å². The van der Waals surface area contributed by atoms with E-state index in [0.29, 0.717) is 25.2 Å². The molecule has 0 aliphatic carbocycles. The minimum Gasteiger partial charge on any atom is -0.494 e. The molecule has 1 aliphatic rings. The zero-order chi connectivity index (χ0) is 27.9. The number of carbonyl (C=O) groups is 1. The van der Waals surface area contributed by atoms with Crippen LogP contribution < -0.4 is 9.47 Å². The molecule has 207 valence electrons. The number of halogens is 1. The van der Waals surface area contributed by atoms with Crippen molar-refractivity contribution >= 4 is 5.97 Å². The highest BCUT2D eigenvalue weighted by molar-refractivity contribution is 5.90. The molecule has 0 unspecified atom stereocenters. The quantitative estimate of drug-likeness (QED) is 0.134. The van der Waals surface area contributed by atoms with Gasteiger partial charge in [-0.05, 0) is 92.8 Å². The van der Waals surface area contributed by atoms with E-state index in [1.165, 1.54) is 61.4 Å². The van der Waals surface area contributed by atoms with E-state index in [2.05, 4.69) is 6.92 Å². The van der Waals surface area contributed by atoms with Gasteiger partial charge in [0, 0.05) is 0 Å². The van der Waals surface area contributed by atoms with Gasteiger partial charge in [-0.15, -0.1) is 10.3 Å². The minimum atomic E-state index is -0.721. The van der Waals surface area contributed by atoms with Crippen LogP contribution in [0.1, 0.15) is 93.6 Å². The van der Waals surface area contributed by atoms with Crippen molar-refractivity contribution in [3.8, 4) is 11.5 Å². The number of unbranched alkanes of at least 4 members (excludes halogenated alkanes) is 5. The summed E-state index contributed by atoms with van der Waals surface area (Å²) in [6, 6.07) is 20.2. The Morgan fingerprint density at radius 3 is 1.85 bits per heavy atom. The first-order valence-electron chi connectivity index (χ1n) is 14.1. The summed E-state index contributed by atoms with van der Waals surface area (Å²) in [7, 11) is 0. The van der Waals surface area contributed by atoms with Gasteiger partial charge >= 0.3 is 5.97 Å². The summed E-state index contributed by atoms with van der Waals surface area (Å²) in [5.41, 5.74) is 0.713. The fourth-order valence-corrected chi connectivity index (χ4v) is 5.37. The molecule has 3 aromatic rings. The summed E-state index contributed by atoms with van der Waals surface area (Å²) < 4.78 is 24.5. The van der Waals surface area contributed by atoms with Crippen molar-refractivity contribution in [1.82, 2.24) is 5.06 Å². The predicted molar refractivity (Wildman–Crippen MR) is 150 cm³/mol. The molecular weight excluding hydrogens is 493 g/mol. The first-order valence-corrected chi connectivity index (χ1v) is 14.1. The SMILES string of the molecule is CCCCCCCCOc1ccc([C@]2(C)CC[C@@](C)(c3ccc(OC(=O)c4ccc(F)cc4)cc3)N2[O])cc1. The largest absolute Gasteiger partial charge is 0.494 e. The number of carbonyl (C=O) groups excluding carboxylic acids is 1. The third kappa shape index (κ3) is 6.68. The lowest BCUT2D eigenvalue weighted by Gasteiger charge is -2.37. The Labute approximate surface area is 231 Å². The molecule has 0 amide bonds. The van der Waals surface area contributed by atoms with Crippen LogP contribution >= 0.6 is 0 Å². The Bertz CT molecular complexity index is 1210. The van der Waals surface area contributed by atoms with Crippen LogP contribution in [0.4, 0.5) is 4.39 Å². The number of nitrogens with zero attached hydrogens (tertiary/aromatic N) is 1. The van der Waals surface area contributed by atoms with Gasteiger partial charge in [-0.3, -0.25) is 0 Å². The molecule has 0 saturated carbocycles. The van der Waals surface area contributed by atoms with E-state index in [9.17, 15) is 14.4 Å². The number of benzene rings is 3. The van der Waals surface area contributed by atoms with E-state index in [1.807, 2.05) is 50.2 Å². The molecule has 0 bridgehead atoms. The molecule has 1 radical (unpaired) electrons. The van der Waals surface area contributed by atoms with Gasteiger partial charge in [0.2, 0.25) is 0 Å². The predicted octanol–water partition coefficient (Wildman–Crippen LogP) is 8.36. The summed E-state index contributed by atoms with van der Waals surface area (Å²) in [4.78, 5) is 12.4. The number of rotatable bonds is 12. The van der Waals surface area contributed by atoms with Crippen molar-refractivity contribution in [3.05, 3.63) is 95.3 Å². The van der Waals surface area contributed by atoms with Crippen molar-refractivity contribution in [2.45, 2.75) is 83.2 Å². The maximum Gasteiger partial charge on any atom is 0.343 e. The second-order valence-electron chi connectivity index (χ2n) is 10.9. The number of esters is 1. The first-order chi connectivity index (χ1) is 18.8. The normalized spacial score (nSPS) is 21.2. The highest BCUT2D eigenvalue weighted by Gasteiger charge is 2.52. The second kappa shape index (κ2) is 12.8. The van der Waals surface area contributed by atoms with Crippen molar-refractivity contribution in [3.63, 3.8) is 0 Å². The van der Waals surface area contributed by atoms with E-state index in [4.69, 9.17) is 9.47 Å². The standard InChI is InChI=1S/C33H39FNO4/c1-4-5-6-7-8-9-24-38-29-18-12-26(13-19-29)32(2)22-23-33(3,35(32)37)27-14-20-30(21-15-27)39-31(36)25-10-16-28(34)17-11-25/h10-21H,4-9,22-24H2,1-3H3/t32-,33-/m0/s1. The lowest BCUT2D eigenvalue weighted by atomic mass is 9.89. The molecule has 0 N–H and O–H groups in total. The maximum absolute atomic E-state index is 13.8. The summed E-state index contributed by atoms with van der Waals surface area (Å²) in [6.45, 7) is 6.89. The fraction of sp³-hybridized carbons (Fsp3) is 0.424. The molecule has 6 heteroatoms. The summed E-state index contributed by atoms with van der Waals surface area (Å²) >= 11 is 0. The molecule has 1 heterocycles. The zero-order valence-corrected chi connectivity index (χ0v) is 23.3. The monoisotopic (exact) mass is 532 g/mol. The van der Waals surface area contributed by atoms with E-state index in [0.717, 1.165) is 23.3 Å². The fourth-order valence-electron chi connectivity index (χ4n) is 5.37. The lowest BCUT2D eigenvalue weighted by molar-refractivity contribution is -0.260. The summed E-state index contributed by atoms with van der Waals surface area (Å²) in [5.74, 6) is 0.223. The Morgan fingerprint density at radius 1 is 0.769 bits per heavy atom. The van der Waals surface area contributed by atoms with Crippen LogP contribution in [0.5, 0.6) is 11.5 Å². The molecule has 4 rings (SSSR count). The van der Waals surface area contributed by atoms with Crippen LogP contribution in [0, 0.1) is 5.82 Å². The lowest BCUT2D eigenvalue weighted by Crippen LogP contribution is -2.44. The number of hydrogen-bond acceptors (Lipinski definition) is 4. The average Bonchev–Trinajstić information content (AvgIpc) is 3.19. The zero-order valence-electron chi connectivity index (χ0n) is 23.3. The van der Waals surface area contributed by atoms with E-state index < -0.39 is 22.9 Å². The Balaban J connectivity index is 1.36. The molecule has 3 aromatic carbocycles. The highest BCUT2D eigenvalue weighted by Crippen LogP contribution is 2.51. The van der Waals surface area contributed by atoms with E-state index in [1.54, 1.807) is 12.1 Å². The molecule has 1 saturated heterocycles. The molecule has 1 aliphatic heterocycles. The Hall–Kier alpha value is -3.22. The second-order valence-corrected chi connectivity index (χ2v) is 10.9. The van der Waals surface area contributed by atoms with Crippen LogP contribution in [0.25, 0.3) is 0 Å². The van der Waals surface area contributed by atoms with Gasteiger partial charge in [0.05, 0.1) is 23.2 Å². The van der Waals surface area contributed by atoms with Gasteiger partial charge in [0.1, 0.15) is 17.3 Å². The van der Waals surface area contributed by atoms with Crippen LogP contribution in [0.3, 0.4) is 0 Å². The van der Waals surface area contributed by atoms with Gasteiger partial charge < -0.3 is 9.47 Å². The maximum atomic E-state index is 13.8. The minimum absolute atomic E-state index is 0.267. The molecule has 0 aromatic heterocycles. The van der Waals surface area contributed by atoms with Crippen molar-refractivity contribution < 1.29 is 23.9 Å². The number of hydrogen-bond donors (Lipinski definition) is 0. The highest BCUT2D eigenvalue weighted by atomic mass is 19.1. The molecule has 1 fully saturated rings. The summed E-state index contributed by atoms with van der Waals surface area (Å²) in [6.07, 6.45) is 8.77. The van der Waals surface area contributed by atoms with Crippen LogP contribution in [-0.4, -0.2) is 17.6 Å². The molecule has 5 nitrogen and oxygen atoms in total. The van der Waals surface area contributed by atoms with E-state index >= 15 is 0 Å². The third-order valence-corrected chi connectivity index (χ3v) is 8.00. The molecule has 0 spiro atoms. The van der Waals surface area contributed by atoms with Gasteiger partial charge in [-0.25, -0.2) is 9.18 Å². The Morgan fingerprint density at radius 2 is 1.28 bits per heavy atom. The topological polar surface area (TPSA) is 58.7 Å². The van der Waals surface area contributed by atoms with Gasteiger partial charge in [0.25, 0.3) is 0 Å². The van der Waals surface area contributed by atoms with Gasteiger partial charge in [-0.2, -0.15) is 0 Å². The van der Waals surface area contributed by atoms with Crippen molar-refractivity contribution in [2.24, 2.45) is 0 Å². The number of hydroxylamine groups is 2. The Kier molecular flexibility index (Phi) is 9.41. The van der Waals surface area contributed by atoms with Crippen LogP contribution in [0.15, 0.2) is 72.8 Å².